The minimum absolute atomic E-state index is 0.0249. The number of rotatable bonds is 3. The summed E-state index contributed by atoms with van der Waals surface area (Å²) in [6.07, 6.45) is 7.03. The largest absolute Gasteiger partial charge is 0.470 e. The lowest BCUT2D eigenvalue weighted by atomic mass is 9.36. The Morgan fingerprint density at radius 1 is 0.362 bits per heavy atom. The van der Waals surface area contributed by atoms with Gasteiger partial charge in [-0.3, -0.25) is 0 Å². The highest BCUT2D eigenvalue weighted by molar-refractivity contribution is 6.97. The van der Waals surface area contributed by atoms with Crippen LogP contribution < -0.4 is 26.4 Å². The van der Waals surface area contributed by atoms with Crippen molar-refractivity contribution in [3.8, 4) is 0 Å². The maximum atomic E-state index is 7.38. The molecule has 69 heavy (non-hydrogen) atoms. The second-order valence-corrected chi connectivity index (χ2v) is 26.6. The zero-order chi connectivity index (χ0) is 48.6. The zero-order valence-electron chi connectivity index (χ0n) is 44.1. The molecule has 3 aliphatic carbocycles. The molecule has 4 heteroatoms. The Morgan fingerprint density at radius 2 is 0.797 bits per heavy atom. The van der Waals surface area contributed by atoms with Gasteiger partial charge in [0.1, 0.15) is 5.58 Å². The number of nitrogens with zero attached hydrogens (tertiary/aromatic N) is 2. The van der Waals surface area contributed by atoms with Crippen molar-refractivity contribution >= 4 is 68.4 Å². The summed E-state index contributed by atoms with van der Waals surface area (Å²) >= 11 is 0. The van der Waals surface area contributed by atoms with Gasteiger partial charge in [-0.2, -0.15) is 0 Å². The summed E-state index contributed by atoms with van der Waals surface area (Å²) in [5.74, 6) is 0. The Labute approximate surface area is 413 Å². The number of anilines is 6. The molecule has 0 amide bonds. The molecule has 352 valence electrons. The number of para-hydroxylation sites is 2. The maximum Gasteiger partial charge on any atom is 0.291 e. The first-order valence-electron chi connectivity index (χ1n) is 26.3. The number of benzene rings is 6. The van der Waals surface area contributed by atoms with E-state index in [2.05, 4.69) is 222 Å². The first-order valence-corrected chi connectivity index (χ1v) is 26.3. The van der Waals surface area contributed by atoms with E-state index in [1.807, 2.05) is 0 Å². The number of hydrogen-bond donors (Lipinski definition) is 0. The van der Waals surface area contributed by atoms with Crippen LogP contribution in [0.15, 0.2) is 120 Å². The fraction of sp³-hybridized carbons (Fsp3) is 0.415. The number of fused-ring (bicyclic) bond motifs is 8. The third-order valence-electron chi connectivity index (χ3n) is 18.9. The lowest BCUT2D eigenvalue weighted by molar-refractivity contribution is 0.332. The summed E-state index contributed by atoms with van der Waals surface area (Å²) in [4.78, 5) is 5.20. The zero-order valence-corrected chi connectivity index (χ0v) is 44.1. The highest BCUT2D eigenvalue weighted by Crippen LogP contribution is 2.55. The van der Waals surface area contributed by atoms with Crippen LogP contribution in [0.5, 0.6) is 0 Å². The van der Waals surface area contributed by atoms with Gasteiger partial charge in [0.25, 0.3) is 6.71 Å². The van der Waals surface area contributed by atoms with Crippen LogP contribution in [0.25, 0.3) is 11.0 Å². The van der Waals surface area contributed by atoms with Crippen LogP contribution in [-0.2, 0) is 37.9 Å². The molecule has 0 saturated carbocycles. The van der Waals surface area contributed by atoms with Crippen molar-refractivity contribution in [2.75, 3.05) is 9.80 Å². The fourth-order valence-electron chi connectivity index (χ4n) is 14.0. The van der Waals surface area contributed by atoms with Crippen molar-refractivity contribution in [2.45, 2.75) is 173 Å². The Kier molecular flexibility index (Phi) is 9.28. The van der Waals surface area contributed by atoms with Crippen LogP contribution in [0.2, 0.25) is 0 Å². The number of hydrogen-bond acceptors (Lipinski definition) is 3. The predicted molar refractivity (Wildman–Crippen MR) is 295 cm³/mol. The smallest absolute Gasteiger partial charge is 0.291 e. The Balaban J connectivity index is 1.16. The minimum Gasteiger partial charge on any atom is -0.470 e. The molecule has 3 heterocycles. The van der Waals surface area contributed by atoms with Crippen molar-refractivity contribution in [2.24, 2.45) is 0 Å². The molecule has 2 aliphatic heterocycles. The van der Waals surface area contributed by atoms with Gasteiger partial charge >= 0.3 is 0 Å². The first kappa shape index (κ1) is 44.7. The summed E-state index contributed by atoms with van der Waals surface area (Å²) in [5, 5.41) is 1.21. The summed E-state index contributed by atoms with van der Waals surface area (Å²) in [6, 6.07) is 45.6. The predicted octanol–water partition coefficient (Wildman–Crippen LogP) is 15.9. The summed E-state index contributed by atoms with van der Waals surface area (Å²) in [6.45, 7) is 34.1. The average molecular weight is 909 g/mol. The van der Waals surface area contributed by atoms with Crippen molar-refractivity contribution in [1.82, 2.24) is 0 Å². The second-order valence-electron chi connectivity index (χ2n) is 26.6. The topological polar surface area (TPSA) is 19.6 Å². The maximum absolute atomic E-state index is 7.38. The monoisotopic (exact) mass is 909 g/mol. The van der Waals surface area contributed by atoms with E-state index in [0.717, 1.165) is 29.8 Å². The SMILES string of the molecule is CC1(C)CCC(C)(C)c2cc(N3c4cc(N5c6ccccc6C(C)(C)c6ccccc65)ccc4B(c4cc5cc6c(cc5o4)C(C)(C)CCC6(C)C)c4cc5c(cc43)C(C)(C)CCC5(C)C)ccc21. The van der Waals surface area contributed by atoms with E-state index in [-0.39, 0.29) is 44.6 Å². The Morgan fingerprint density at radius 3 is 1.38 bits per heavy atom. The Bertz CT molecular complexity index is 3190. The van der Waals surface area contributed by atoms with Gasteiger partial charge in [0, 0.05) is 33.6 Å². The van der Waals surface area contributed by atoms with Gasteiger partial charge in [0.2, 0.25) is 0 Å². The van der Waals surface area contributed by atoms with Crippen LogP contribution in [0.1, 0.15) is 180 Å². The van der Waals surface area contributed by atoms with E-state index in [9.17, 15) is 0 Å². The molecule has 0 bridgehead atoms. The molecular formula is C65H73BN2O. The van der Waals surface area contributed by atoms with Crippen molar-refractivity contribution in [3.63, 3.8) is 0 Å². The third kappa shape index (κ3) is 6.51. The summed E-state index contributed by atoms with van der Waals surface area (Å²) < 4.78 is 7.38. The van der Waals surface area contributed by atoms with Crippen molar-refractivity contribution in [3.05, 3.63) is 160 Å². The van der Waals surface area contributed by atoms with E-state index in [0.29, 0.717) is 0 Å². The molecule has 1 aromatic heterocycles. The molecule has 0 atom stereocenters. The fourth-order valence-corrected chi connectivity index (χ4v) is 14.0. The molecular weight excluding hydrogens is 836 g/mol. The standard InChI is InChI=1S/C65H73BN2O/c1-59(2)27-28-61(5,6)47-35-41(23-25-43(47)59)68-55-36-42(67-53-21-17-15-19-44(53)65(13,14)45-20-16-18-22-54(45)67)24-26-51(55)66(52-37-48-49(38-56(52)68)63(9,10)31-30-62(48,7)8)58-34-40-33-46-50(39-57(40)69-58)64(11,12)32-29-60(46,3)4/h15-26,33-39H,27-32H2,1-14H3. The van der Waals surface area contributed by atoms with Crippen LogP contribution in [0, 0.1) is 0 Å². The van der Waals surface area contributed by atoms with Gasteiger partial charge in [-0.05, 0) is 187 Å². The van der Waals surface area contributed by atoms with Crippen molar-refractivity contribution in [1.29, 1.82) is 0 Å². The quantitative estimate of drug-likeness (QED) is 0.165. The van der Waals surface area contributed by atoms with Crippen LogP contribution in [0.4, 0.5) is 34.1 Å². The van der Waals surface area contributed by atoms with Gasteiger partial charge < -0.3 is 14.2 Å². The van der Waals surface area contributed by atoms with E-state index < -0.39 is 0 Å². The molecule has 0 spiro atoms. The second kappa shape index (κ2) is 14.3. The molecule has 3 nitrogen and oxygen atoms in total. The molecule has 12 rings (SSSR count). The van der Waals surface area contributed by atoms with Gasteiger partial charge in [0.15, 0.2) is 0 Å². The summed E-state index contributed by atoms with van der Waals surface area (Å²) in [7, 11) is 0. The van der Waals surface area contributed by atoms with Gasteiger partial charge in [-0.25, -0.2) is 0 Å². The molecule has 0 fully saturated rings. The molecule has 0 unspecified atom stereocenters. The lowest BCUT2D eigenvalue weighted by Crippen LogP contribution is -2.57. The normalized spacial score (nSPS) is 21.3. The van der Waals surface area contributed by atoms with Gasteiger partial charge in [-0.1, -0.05) is 152 Å². The molecule has 5 aliphatic rings. The van der Waals surface area contributed by atoms with E-state index >= 15 is 0 Å². The molecule has 0 N–H and O–H groups in total. The number of furan rings is 1. The van der Waals surface area contributed by atoms with E-state index in [1.165, 1.54) is 115 Å². The van der Waals surface area contributed by atoms with Gasteiger partial charge in [0.05, 0.1) is 17.0 Å². The van der Waals surface area contributed by atoms with Gasteiger partial charge in [-0.15, -0.1) is 0 Å². The lowest BCUT2D eigenvalue weighted by Gasteiger charge is -2.46. The van der Waals surface area contributed by atoms with Crippen molar-refractivity contribution < 1.29 is 4.42 Å². The first-order chi connectivity index (χ1) is 32.4. The summed E-state index contributed by atoms with van der Waals surface area (Å²) in [5.41, 5.74) is 23.8. The highest BCUT2D eigenvalue weighted by Gasteiger charge is 2.46. The van der Waals surface area contributed by atoms with Crippen LogP contribution in [-0.4, -0.2) is 6.71 Å². The van der Waals surface area contributed by atoms with Crippen LogP contribution >= 0.6 is 0 Å². The average Bonchev–Trinajstić information content (AvgIpc) is 3.72. The molecule has 6 aromatic carbocycles. The molecule has 0 saturated heterocycles. The molecule has 7 aromatic rings. The molecule has 0 radical (unpaired) electrons. The van der Waals surface area contributed by atoms with E-state index in [4.69, 9.17) is 4.42 Å². The van der Waals surface area contributed by atoms with Crippen LogP contribution in [0.3, 0.4) is 0 Å². The third-order valence-corrected chi connectivity index (χ3v) is 18.9. The van der Waals surface area contributed by atoms with E-state index in [1.54, 1.807) is 0 Å². The minimum atomic E-state index is -0.151. The highest BCUT2D eigenvalue weighted by atomic mass is 16.3. The Hall–Kier alpha value is -5.48.